The highest BCUT2D eigenvalue weighted by molar-refractivity contribution is 5.97. The number of carbonyl (C=O) groups excluding carboxylic acids is 1. The van der Waals surface area contributed by atoms with E-state index < -0.39 is 0 Å². The summed E-state index contributed by atoms with van der Waals surface area (Å²) in [6, 6.07) is 4.92. The number of rotatable bonds is 4. The zero-order chi connectivity index (χ0) is 13.0. The van der Waals surface area contributed by atoms with Crippen molar-refractivity contribution in [1.82, 2.24) is 15.5 Å². The summed E-state index contributed by atoms with van der Waals surface area (Å²) in [5.41, 5.74) is 7.54. The van der Waals surface area contributed by atoms with E-state index >= 15 is 0 Å². The van der Waals surface area contributed by atoms with Gasteiger partial charge in [0.25, 0.3) is 5.91 Å². The molecule has 0 aliphatic heterocycles. The van der Waals surface area contributed by atoms with Gasteiger partial charge in [0, 0.05) is 30.1 Å². The molecule has 0 aliphatic carbocycles. The smallest absolute Gasteiger partial charge is 0.255 e. The van der Waals surface area contributed by atoms with Gasteiger partial charge in [0.1, 0.15) is 5.75 Å². The molecule has 0 spiro atoms. The average Bonchev–Trinajstić information content (AvgIpc) is 2.88. The van der Waals surface area contributed by atoms with Gasteiger partial charge in [0.05, 0.1) is 18.9 Å². The Morgan fingerprint density at radius 2 is 2.39 bits per heavy atom. The van der Waals surface area contributed by atoms with E-state index in [1.54, 1.807) is 30.6 Å². The first-order valence-electron chi connectivity index (χ1n) is 5.40. The Morgan fingerprint density at radius 1 is 1.56 bits per heavy atom. The van der Waals surface area contributed by atoms with E-state index in [4.69, 9.17) is 10.5 Å². The van der Waals surface area contributed by atoms with Crippen LogP contribution in [0.4, 0.5) is 5.69 Å². The number of H-pyrrole nitrogens is 1. The maximum absolute atomic E-state index is 12.0. The molecule has 18 heavy (non-hydrogen) atoms. The minimum Gasteiger partial charge on any atom is -0.496 e. The predicted molar refractivity (Wildman–Crippen MR) is 67.2 cm³/mol. The van der Waals surface area contributed by atoms with Crippen LogP contribution < -0.4 is 15.8 Å². The molecule has 0 saturated heterocycles. The number of benzene rings is 1. The summed E-state index contributed by atoms with van der Waals surface area (Å²) < 4.78 is 5.12. The first-order valence-corrected chi connectivity index (χ1v) is 5.40. The molecular weight excluding hydrogens is 232 g/mol. The third-order valence-corrected chi connectivity index (χ3v) is 2.48. The van der Waals surface area contributed by atoms with Crippen LogP contribution in [0.2, 0.25) is 0 Å². The Labute approximate surface area is 104 Å². The number of nitrogens with zero attached hydrogens (tertiary/aromatic N) is 1. The SMILES string of the molecule is COc1cc(N)ccc1C(=O)NCc1cn[nH]c1. The molecule has 0 atom stereocenters. The molecule has 0 unspecified atom stereocenters. The molecule has 0 fully saturated rings. The summed E-state index contributed by atoms with van der Waals surface area (Å²) in [6.07, 6.45) is 3.38. The van der Waals surface area contributed by atoms with Gasteiger partial charge in [0.15, 0.2) is 0 Å². The minimum absolute atomic E-state index is 0.215. The van der Waals surface area contributed by atoms with Gasteiger partial charge in [-0.1, -0.05) is 0 Å². The van der Waals surface area contributed by atoms with Gasteiger partial charge in [-0.25, -0.2) is 0 Å². The molecule has 6 nitrogen and oxygen atoms in total. The zero-order valence-corrected chi connectivity index (χ0v) is 9.93. The minimum atomic E-state index is -0.215. The van der Waals surface area contributed by atoms with Crippen LogP contribution in [0.1, 0.15) is 15.9 Å². The van der Waals surface area contributed by atoms with Crippen LogP contribution in [0.5, 0.6) is 5.75 Å². The number of amides is 1. The summed E-state index contributed by atoms with van der Waals surface area (Å²) in [6.45, 7) is 0.406. The molecule has 2 rings (SSSR count). The third-order valence-electron chi connectivity index (χ3n) is 2.48. The number of hydrogen-bond donors (Lipinski definition) is 3. The van der Waals surface area contributed by atoms with Crippen molar-refractivity contribution in [2.45, 2.75) is 6.54 Å². The fourth-order valence-corrected chi connectivity index (χ4v) is 1.55. The zero-order valence-electron chi connectivity index (χ0n) is 9.93. The van der Waals surface area contributed by atoms with E-state index in [-0.39, 0.29) is 5.91 Å². The van der Waals surface area contributed by atoms with Gasteiger partial charge in [-0.2, -0.15) is 5.10 Å². The fourth-order valence-electron chi connectivity index (χ4n) is 1.55. The van der Waals surface area contributed by atoms with Crippen LogP contribution in [0.25, 0.3) is 0 Å². The molecule has 0 bridgehead atoms. The Balaban J connectivity index is 2.09. The quantitative estimate of drug-likeness (QED) is 0.700. The number of nitrogens with two attached hydrogens (primary N) is 1. The van der Waals surface area contributed by atoms with Gasteiger partial charge in [-0.3, -0.25) is 9.89 Å². The lowest BCUT2D eigenvalue weighted by Crippen LogP contribution is -2.23. The second-order valence-electron chi connectivity index (χ2n) is 3.75. The summed E-state index contributed by atoms with van der Waals surface area (Å²) in [7, 11) is 1.50. The maximum atomic E-state index is 12.0. The molecule has 0 radical (unpaired) electrons. The fraction of sp³-hybridized carbons (Fsp3) is 0.167. The highest BCUT2D eigenvalue weighted by Crippen LogP contribution is 2.21. The Hall–Kier alpha value is -2.50. The molecular formula is C12H14N4O2. The van der Waals surface area contributed by atoms with E-state index in [1.165, 1.54) is 7.11 Å². The number of nitrogens with one attached hydrogen (secondary N) is 2. The second kappa shape index (κ2) is 5.22. The molecule has 6 heteroatoms. The Kier molecular flexibility index (Phi) is 3.47. The number of anilines is 1. The van der Waals surface area contributed by atoms with Crippen LogP contribution in [0, 0.1) is 0 Å². The first-order chi connectivity index (χ1) is 8.70. The molecule has 1 aromatic carbocycles. The number of nitrogen functional groups attached to an aromatic ring is 1. The summed E-state index contributed by atoms with van der Waals surface area (Å²) in [4.78, 5) is 12.0. The van der Waals surface area contributed by atoms with Crippen molar-refractivity contribution >= 4 is 11.6 Å². The van der Waals surface area contributed by atoms with E-state index in [0.717, 1.165) is 5.56 Å². The molecule has 4 N–H and O–H groups in total. The van der Waals surface area contributed by atoms with Crippen LogP contribution >= 0.6 is 0 Å². The number of carbonyl (C=O) groups is 1. The number of ether oxygens (including phenoxy) is 1. The van der Waals surface area contributed by atoms with Crippen molar-refractivity contribution in [1.29, 1.82) is 0 Å². The Bertz CT molecular complexity index is 537. The molecule has 1 heterocycles. The lowest BCUT2D eigenvalue weighted by atomic mass is 10.1. The lowest BCUT2D eigenvalue weighted by Gasteiger charge is -2.09. The molecule has 0 aliphatic rings. The van der Waals surface area contributed by atoms with Crippen molar-refractivity contribution in [3.8, 4) is 5.75 Å². The van der Waals surface area contributed by atoms with Gasteiger partial charge in [0.2, 0.25) is 0 Å². The predicted octanol–water partition coefficient (Wildman–Crippen LogP) is 0.930. The van der Waals surface area contributed by atoms with Crippen LogP contribution in [0.3, 0.4) is 0 Å². The van der Waals surface area contributed by atoms with Crippen molar-refractivity contribution in [2.24, 2.45) is 0 Å². The summed E-state index contributed by atoms with van der Waals surface area (Å²) in [5.74, 6) is 0.243. The number of aromatic nitrogens is 2. The van der Waals surface area contributed by atoms with E-state index in [2.05, 4.69) is 15.5 Å². The molecule has 2 aromatic rings. The standard InChI is InChI=1S/C12H14N4O2/c1-18-11-4-9(13)2-3-10(11)12(17)14-5-8-6-15-16-7-8/h2-4,6-7H,5,13H2,1H3,(H,14,17)(H,15,16). The molecule has 1 aromatic heterocycles. The normalized spacial score (nSPS) is 10.1. The van der Waals surface area contributed by atoms with Crippen molar-refractivity contribution < 1.29 is 9.53 Å². The average molecular weight is 246 g/mol. The largest absolute Gasteiger partial charge is 0.496 e. The summed E-state index contributed by atoms with van der Waals surface area (Å²) in [5, 5.41) is 9.26. The topological polar surface area (TPSA) is 93.0 Å². The monoisotopic (exact) mass is 246 g/mol. The molecule has 94 valence electrons. The van der Waals surface area contributed by atoms with Crippen molar-refractivity contribution in [2.75, 3.05) is 12.8 Å². The Morgan fingerprint density at radius 3 is 3.06 bits per heavy atom. The highest BCUT2D eigenvalue weighted by Gasteiger charge is 2.12. The van der Waals surface area contributed by atoms with Gasteiger partial charge < -0.3 is 15.8 Å². The highest BCUT2D eigenvalue weighted by atomic mass is 16.5. The van der Waals surface area contributed by atoms with Crippen molar-refractivity contribution in [3.05, 3.63) is 41.7 Å². The maximum Gasteiger partial charge on any atom is 0.255 e. The number of hydrogen-bond acceptors (Lipinski definition) is 4. The van der Waals surface area contributed by atoms with Crippen LogP contribution in [-0.2, 0) is 6.54 Å². The van der Waals surface area contributed by atoms with Crippen molar-refractivity contribution in [3.63, 3.8) is 0 Å². The van der Waals surface area contributed by atoms with E-state index in [0.29, 0.717) is 23.5 Å². The number of methoxy groups -OCH3 is 1. The van der Waals surface area contributed by atoms with E-state index in [1.807, 2.05) is 0 Å². The van der Waals surface area contributed by atoms with Crippen LogP contribution in [-0.4, -0.2) is 23.2 Å². The molecule has 0 saturated carbocycles. The second-order valence-corrected chi connectivity index (χ2v) is 3.75. The summed E-state index contributed by atoms with van der Waals surface area (Å²) >= 11 is 0. The number of aromatic amines is 1. The van der Waals surface area contributed by atoms with Gasteiger partial charge in [-0.15, -0.1) is 0 Å². The van der Waals surface area contributed by atoms with Gasteiger partial charge >= 0.3 is 0 Å². The van der Waals surface area contributed by atoms with Crippen LogP contribution in [0.15, 0.2) is 30.6 Å². The van der Waals surface area contributed by atoms with E-state index in [9.17, 15) is 4.79 Å². The lowest BCUT2D eigenvalue weighted by molar-refractivity contribution is 0.0948. The first kappa shape index (κ1) is 12.0. The third kappa shape index (κ3) is 2.60. The molecule has 1 amide bonds. The van der Waals surface area contributed by atoms with Gasteiger partial charge in [-0.05, 0) is 12.1 Å².